The van der Waals surface area contributed by atoms with Crippen molar-refractivity contribution in [1.82, 2.24) is 0 Å². The summed E-state index contributed by atoms with van der Waals surface area (Å²) in [5.41, 5.74) is 3.79. The molecule has 1 N–H and O–H groups in total. The lowest BCUT2D eigenvalue weighted by molar-refractivity contribution is 0.356. The summed E-state index contributed by atoms with van der Waals surface area (Å²) in [6.45, 7) is 6.68. The van der Waals surface area contributed by atoms with Crippen LogP contribution in [0.3, 0.4) is 0 Å². The number of allylic oxidation sites excluding steroid dienone is 1. The SMILES string of the molecule is CC1=C(C(C#N)Nc2ccccc2)C(C)(C)CCC1. The summed E-state index contributed by atoms with van der Waals surface area (Å²) in [4.78, 5) is 0. The third-order valence-electron chi connectivity index (χ3n) is 4.05. The number of hydrogen-bond donors (Lipinski definition) is 1. The molecule has 2 rings (SSSR count). The number of nitrogens with one attached hydrogen (secondary N) is 1. The first kappa shape index (κ1) is 13.7. The van der Waals surface area contributed by atoms with Crippen LogP contribution in [-0.2, 0) is 0 Å². The first-order valence-corrected chi connectivity index (χ1v) is 6.96. The van der Waals surface area contributed by atoms with E-state index in [0.29, 0.717) is 0 Å². The minimum absolute atomic E-state index is 0.116. The Morgan fingerprint density at radius 3 is 2.53 bits per heavy atom. The van der Waals surface area contributed by atoms with Gasteiger partial charge in [-0.15, -0.1) is 0 Å². The van der Waals surface area contributed by atoms with Gasteiger partial charge in [0.25, 0.3) is 0 Å². The predicted octanol–water partition coefficient (Wildman–Crippen LogP) is 4.52. The minimum Gasteiger partial charge on any atom is -0.366 e. The molecule has 2 nitrogen and oxygen atoms in total. The highest BCUT2D eigenvalue weighted by Crippen LogP contribution is 2.42. The first-order chi connectivity index (χ1) is 9.04. The smallest absolute Gasteiger partial charge is 0.136 e. The van der Waals surface area contributed by atoms with Gasteiger partial charge < -0.3 is 5.32 Å². The second-order valence-electron chi connectivity index (χ2n) is 6.00. The Kier molecular flexibility index (Phi) is 3.95. The topological polar surface area (TPSA) is 35.8 Å². The molecule has 0 spiro atoms. The van der Waals surface area contributed by atoms with E-state index in [1.807, 2.05) is 30.3 Å². The summed E-state index contributed by atoms with van der Waals surface area (Å²) < 4.78 is 0. The van der Waals surface area contributed by atoms with Gasteiger partial charge in [-0.3, -0.25) is 0 Å². The molecule has 0 amide bonds. The minimum atomic E-state index is -0.224. The van der Waals surface area contributed by atoms with Gasteiger partial charge in [0, 0.05) is 5.69 Å². The van der Waals surface area contributed by atoms with Crippen molar-refractivity contribution >= 4 is 5.69 Å². The Morgan fingerprint density at radius 2 is 1.95 bits per heavy atom. The van der Waals surface area contributed by atoms with Gasteiger partial charge in [-0.25, -0.2) is 0 Å². The van der Waals surface area contributed by atoms with E-state index < -0.39 is 0 Å². The van der Waals surface area contributed by atoms with E-state index in [9.17, 15) is 5.26 Å². The molecule has 1 aromatic carbocycles. The first-order valence-electron chi connectivity index (χ1n) is 6.96. The van der Waals surface area contributed by atoms with Crippen molar-refractivity contribution < 1.29 is 0 Å². The second kappa shape index (κ2) is 5.48. The van der Waals surface area contributed by atoms with Crippen molar-refractivity contribution in [2.75, 3.05) is 5.32 Å². The summed E-state index contributed by atoms with van der Waals surface area (Å²) in [5, 5.41) is 12.9. The van der Waals surface area contributed by atoms with Gasteiger partial charge in [-0.05, 0) is 49.3 Å². The fraction of sp³-hybridized carbons (Fsp3) is 0.471. The maximum atomic E-state index is 9.54. The zero-order valence-electron chi connectivity index (χ0n) is 12.0. The van der Waals surface area contributed by atoms with Crippen LogP contribution in [0.5, 0.6) is 0 Å². The Balaban J connectivity index is 2.29. The standard InChI is InChI=1S/C17H22N2/c1-13-8-7-11-17(2,3)16(13)15(12-18)19-14-9-5-4-6-10-14/h4-6,9-10,15,19H,7-8,11H2,1-3H3. The number of nitriles is 1. The van der Waals surface area contributed by atoms with E-state index in [4.69, 9.17) is 0 Å². The van der Waals surface area contributed by atoms with Crippen molar-refractivity contribution in [2.45, 2.75) is 46.1 Å². The van der Waals surface area contributed by atoms with E-state index in [2.05, 4.69) is 32.2 Å². The molecule has 1 unspecified atom stereocenters. The fourth-order valence-corrected chi connectivity index (χ4v) is 3.15. The van der Waals surface area contributed by atoms with Gasteiger partial charge in [-0.2, -0.15) is 5.26 Å². The average Bonchev–Trinajstić information content (AvgIpc) is 2.37. The van der Waals surface area contributed by atoms with Gasteiger partial charge in [0.1, 0.15) is 6.04 Å². The normalized spacial score (nSPS) is 19.7. The monoisotopic (exact) mass is 254 g/mol. The van der Waals surface area contributed by atoms with Crippen LogP contribution in [0.25, 0.3) is 0 Å². The predicted molar refractivity (Wildman–Crippen MR) is 79.8 cm³/mol. The van der Waals surface area contributed by atoms with Crippen LogP contribution >= 0.6 is 0 Å². The third kappa shape index (κ3) is 2.98. The van der Waals surface area contributed by atoms with Crippen LogP contribution in [0.2, 0.25) is 0 Å². The molecule has 1 aromatic rings. The molecule has 0 aliphatic heterocycles. The molecule has 0 aromatic heterocycles. The molecule has 1 aliphatic carbocycles. The Morgan fingerprint density at radius 1 is 1.26 bits per heavy atom. The van der Waals surface area contributed by atoms with Crippen molar-refractivity contribution in [1.29, 1.82) is 5.26 Å². The molecule has 1 aliphatic rings. The summed E-state index contributed by atoms with van der Waals surface area (Å²) in [6, 6.07) is 12.2. The number of rotatable bonds is 3. The lowest BCUT2D eigenvalue weighted by Gasteiger charge is -2.37. The highest BCUT2D eigenvalue weighted by atomic mass is 14.9. The third-order valence-corrected chi connectivity index (χ3v) is 4.05. The lowest BCUT2D eigenvalue weighted by atomic mass is 9.70. The number of para-hydroxylation sites is 1. The summed E-state index contributed by atoms with van der Waals surface area (Å²) >= 11 is 0. The summed E-state index contributed by atoms with van der Waals surface area (Å²) in [5.74, 6) is 0. The molecule has 19 heavy (non-hydrogen) atoms. The fourth-order valence-electron chi connectivity index (χ4n) is 3.15. The molecular formula is C17H22N2. The van der Waals surface area contributed by atoms with Crippen LogP contribution in [0.4, 0.5) is 5.69 Å². The summed E-state index contributed by atoms with van der Waals surface area (Å²) in [6.07, 6.45) is 3.51. The molecular weight excluding hydrogens is 232 g/mol. The maximum absolute atomic E-state index is 9.54. The van der Waals surface area contributed by atoms with E-state index in [-0.39, 0.29) is 11.5 Å². The molecule has 0 heterocycles. The van der Waals surface area contributed by atoms with Gasteiger partial charge in [-0.1, -0.05) is 37.6 Å². The average molecular weight is 254 g/mol. The zero-order chi connectivity index (χ0) is 13.9. The number of nitrogens with zero attached hydrogens (tertiary/aromatic N) is 1. The number of hydrogen-bond acceptors (Lipinski definition) is 2. The number of anilines is 1. The van der Waals surface area contributed by atoms with Gasteiger partial charge in [0.2, 0.25) is 0 Å². The largest absolute Gasteiger partial charge is 0.366 e. The van der Waals surface area contributed by atoms with E-state index in [1.165, 1.54) is 17.6 Å². The zero-order valence-corrected chi connectivity index (χ0v) is 12.0. The molecule has 0 fully saturated rings. The lowest BCUT2D eigenvalue weighted by Crippen LogP contribution is -2.33. The van der Waals surface area contributed by atoms with E-state index in [0.717, 1.165) is 18.5 Å². The molecule has 2 heteroatoms. The van der Waals surface area contributed by atoms with Crippen molar-refractivity contribution in [3.63, 3.8) is 0 Å². The van der Waals surface area contributed by atoms with Crippen LogP contribution in [0.1, 0.15) is 40.0 Å². The quantitative estimate of drug-likeness (QED) is 0.805. The van der Waals surface area contributed by atoms with Gasteiger partial charge >= 0.3 is 0 Å². The molecule has 100 valence electrons. The highest BCUT2D eigenvalue weighted by molar-refractivity contribution is 5.49. The van der Waals surface area contributed by atoms with Gasteiger partial charge in [0.15, 0.2) is 0 Å². The van der Waals surface area contributed by atoms with Crippen LogP contribution in [-0.4, -0.2) is 6.04 Å². The van der Waals surface area contributed by atoms with Crippen molar-refractivity contribution in [3.05, 3.63) is 41.5 Å². The van der Waals surface area contributed by atoms with Crippen molar-refractivity contribution in [3.8, 4) is 6.07 Å². The molecule has 0 radical (unpaired) electrons. The Labute approximate surface area is 116 Å². The Hall–Kier alpha value is -1.75. The number of benzene rings is 1. The second-order valence-corrected chi connectivity index (χ2v) is 6.00. The Bertz CT molecular complexity index is 506. The van der Waals surface area contributed by atoms with E-state index in [1.54, 1.807) is 0 Å². The van der Waals surface area contributed by atoms with Crippen LogP contribution in [0, 0.1) is 16.7 Å². The molecule has 1 atom stereocenters. The molecule has 0 bridgehead atoms. The van der Waals surface area contributed by atoms with Crippen LogP contribution < -0.4 is 5.32 Å². The van der Waals surface area contributed by atoms with Crippen LogP contribution in [0.15, 0.2) is 41.5 Å². The highest BCUT2D eigenvalue weighted by Gasteiger charge is 2.33. The molecule has 0 saturated carbocycles. The summed E-state index contributed by atoms with van der Waals surface area (Å²) in [7, 11) is 0. The van der Waals surface area contributed by atoms with Gasteiger partial charge in [0.05, 0.1) is 6.07 Å². The van der Waals surface area contributed by atoms with Crippen molar-refractivity contribution in [2.24, 2.45) is 5.41 Å². The maximum Gasteiger partial charge on any atom is 0.136 e. The molecule has 0 saturated heterocycles. The van der Waals surface area contributed by atoms with E-state index >= 15 is 0 Å².